The topological polar surface area (TPSA) is 93.7 Å². The number of ether oxygens (including phenoxy) is 2. The van der Waals surface area contributed by atoms with Crippen LogP contribution in [0.2, 0.25) is 0 Å². The molecule has 1 unspecified atom stereocenters. The predicted octanol–water partition coefficient (Wildman–Crippen LogP) is 5.24. The fraction of sp³-hybridized carbons (Fsp3) is 0.192. The number of rotatable bonds is 9. The smallest absolute Gasteiger partial charge is 0.338 e. The zero-order valence-corrected chi connectivity index (χ0v) is 20.0. The number of thioether (sulfide) groups is 1. The third-order valence-electron chi connectivity index (χ3n) is 4.79. The summed E-state index contributed by atoms with van der Waals surface area (Å²) in [5.41, 5.74) is 2.18. The number of amides is 2. The van der Waals surface area contributed by atoms with Crippen molar-refractivity contribution in [2.75, 3.05) is 24.4 Å². The molecule has 0 saturated carbocycles. The van der Waals surface area contributed by atoms with Crippen LogP contribution in [-0.4, -0.2) is 36.8 Å². The van der Waals surface area contributed by atoms with Gasteiger partial charge in [0.2, 0.25) is 5.91 Å². The Morgan fingerprint density at radius 1 is 0.882 bits per heavy atom. The molecule has 0 bridgehead atoms. The Morgan fingerprint density at radius 3 is 2.18 bits per heavy atom. The van der Waals surface area contributed by atoms with E-state index in [2.05, 4.69) is 10.6 Å². The van der Waals surface area contributed by atoms with E-state index in [9.17, 15) is 14.4 Å². The van der Waals surface area contributed by atoms with Crippen LogP contribution in [0.3, 0.4) is 0 Å². The highest BCUT2D eigenvalue weighted by atomic mass is 32.2. The van der Waals surface area contributed by atoms with Gasteiger partial charge in [0, 0.05) is 21.8 Å². The predicted molar refractivity (Wildman–Crippen MR) is 134 cm³/mol. The Bertz CT molecular complexity index is 1150. The highest BCUT2D eigenvalue weighted by molar-refractivity contribution is 8.00. The summed E-state index contributed by atoms with van der Waals surface area (Å²) in [7, 11) is 1.55. The van der Waals surface area contributed by atoms with E-state index in [0.717, 1.165) is 4.90 Å². The molecule has 0 radical (unpaired) electrons. The third-order valence-corrected chi connectivity index (χ3v) is 5.90. The van der Waals surface area contributed by atoms with Crippen LogP contribution in [-0.2, 0) is 9.53 Å². The van der Waals surface area contributed by atoms with Crippen molar-refractivity contribution in [2.24, 2.45) is 0 Å². The highest BCUT2D eigenvalue weighted by Gasteiger charge is 2.15. The lowest BCUT2D eigenvalue weighted by atomic mass is 10.2. The van der Waals surface area contributed by atoms with Gasteiger partial charge in [-0.05, 0) is 80.6 Å². The molecule has 0 aliphatic carbocycles. The van der Waals surface area contributed by atoms with Crippen molar-refractivity contribution < 1.29 is 23.9 Å². The standard InChI is InChI=1S/C26H26N2O5S/c1-4-33-26(31)18-8-10-20(11-9-18)27-24(29)17(2)34-23-14-12-21(13-15-23)28-25(30)19-6-5-7-22(16-19)32-3/h5-17H,4H2,1-3H3,(H,27,29)(H,28,30). The molecule has 0 aliphatic heterocycles. The molecule has 0 saturated heterocycles. The second-order valence-corrected chi connectivity index (χ2v) is 8.67. The largest absolute Gasteiger partial charge is 0.497 e. The van der Waals surface area contributed by atoms with Gasteiger partial charge in [0.25, 0.3) is 5.91 Å². The van der Waals surface area contributed by atoms with Gasteiger partial charge in [-0.25, -0.2) is 4.79 Å². The highest BCUT2D eigenvalue weighted by Crippen LogP contribution is 2.26. The van der Waals surface area contributed by atoms with Crippen LogP contribution in [0.1, 0.15) is 34.6 Å². The van der Waals surface area contributed by atoms with Crippen LogP contribution in [0, 0.1) is 0 Å². The summed E-state index contributed by atoms with van der Waals surface area (Å²) in [4.78, 5) is 37.6. The van der Waals surface area contributed by atoms with Crippen molar-refractivity contribution in [3.05, 3.63) is 83.9 Å². The van der Waals surface area contributed by atoms with Crippen LogP contribution < -0.4 is 15.4 Å². The molecular formula is C26H26N2O5S. The van der Waals surface area contributed by atoms with Gasteiger partial charge in [0.05, 0.1) is 24.5 Å². The van der Waals surface area contributed by atoms with E-state index in [1.807, 2.05) is 19.1 Å². The van der Waals surface area contributed by atoms with Crippen LogP contribution in [0.4, 0.5) is 11.4 Å². The van der Waals surface area contributed by atoms with Crippen molar-refractivity contribution in [1.82, 2.24) is 0 Å². The van der Waals surface area contributed by atoms with Crippen molar-refractivity contribution in [1.29, 1.82) is 0 Å². The Kier molecular flexibility index (Phi) is 8.70. The van der Waals surface area contributed by atoms with Gasteiger partial charge in [0.1, 0.15) is 5.75 Å². The molecule has 0 fully saturated rings. The van der Waals surface area contributed by atoms with Gasteiger partial charge >= 0.3 is 5.97 Å². The normalized spacial score (nSPS) is 11.3. The number of nitrogens with one attached hydrogen (secondary N) is 2. The molecule has 3 aromatic rings. The van der Waals surface area contributed by atoms with Gasteiger partial charge < -0.3 is 20.1 Å². The third kappa shape index (κ3) is 6.86. The monoisotopic (exact) mass is 478 g/mol. The first-order valence-corrected chi connectivity index (χ1v) is 11.6. The first-order valence-electron chi connectivity index (χ1n) is 10.7. The van der Waals surface area contributed by atoms with Crippen LogP contribution in [0.15, 0.2) is 77.7 Å². The Balaban J connectivity index is 1.53. The summed E-state index contributed by atoms with van der Waals surface area (Å²) in [6.45, 7) is 3.87. The molecule has 0 aliphatic rings. The molecule has 3 rings (SSSR count). The molecule has 2 amide bonds. The van der Waals surface area contributed by atoms with Gasteiger partial charge in [-0.3, -0.25) is 9.59 Å². The van der Waals surface area contributed by atoms with E-state index in [1.54, 1.807) is 74.7 Å². The van der Waals surface area contributed by atoms with E-state index in [0.29, 0.717) is 34.9 Å². The first kappa shape index (κ1) is 24.9. The fourth-order valence-electron chi connectivity index (χ4n) is 2.99. The fourth-order valence-corrected chi connectivity index (χ4v) is 3.86. The number of carbonyl (C=O) groups excluding carboxylic acids is 3. The molecule has 0 heterocycles. The summed E-state index contributed by atoms with van der Waals surface area (Å²) in [5.74, 6) is -0.181. The Hall–Kier alpha value is -3.78. The minimum Gasteiger partial charge on any atom is -0.497 e. The van der Waals surface area contributed by atoms with Crippen molar-refractivity contribution in [3.8, 4) is 5.75 Å². The number of carbonyl (C=O) groups is 3. The average molecular weight is 479 g/mol. The van der Waals surface area contributed by atoms with Crippen LogP contribution >= 0.6 is 11.8 Å². The van der Waals surface area contributed by atoms with E-state index in [-0.39, 0.29) is 17.1 Å². The molecule has 0 aromatic heterocycles. The van der Waals surface area contributed by atoms with Crippen LogP contribution in [0.5, 0.6) is 5.75 Å². The number of anilines is 2. The van der Waals surface area contributed by atoms with E-state index in [1.165, 1.54) is 11.8 Å². The zero-order valence-electron chi connectivity index (χ0n) is 19.2. The SMILES string of the molecule is CCOC(=O)c1ccc(NC(=O)C(C)Sc2ccc(NC(=O)c3cccc(OC)c3)cc2)cc1. The van der Waals surface area contributed by atoms with Crippen LogP contribution in [0.25, 0.3) is 0 Å². The Morgan fingerprint density at radius 2 is 1.53 bits per heavy atom. The quantitative estimate of drug-likeness (QED) is 0.323. The van der Waals surface area contributed by atoms with E-state index >= 15 is 0 Å². The summed E-state index contributed by atoms with van der Waals surface area (Å²) in [6.07, 6.45) is 0. The molecule has 1 atom stereocenters. The second-order valence-electron chi connectivity index (χ2n) is 7.26. The molecule has 3 aromatic carbocycles. The number of methoxy groups -OCH3 is 1. The van der Waals surface area contributed by atoms with E-state index < -0.39 is 5.97 Å². The number of benzene rings is 3. The maximum atomic E-state index is 12.6. The van der Waals surface area contributed by atoms with Gasteiger partial charge in [-0.15, -0.1) is 11.8 Å². The number of hydrogen-bond acceptors (Lipinski definition) is 6. The summed E-state index contributed by atoms with van der Waals surface area (Å²) >= 11 is 1.40. The first-order chi connectivity index (χ1) is 16.4. The van der Waals surface area contributed by atoms with Gasteiger partial charge in [0.15, 0.2) is 0 Å². The molecule has 8 heteroatoms. The molecule has 7 nitrogen and oxygen atoms in total. The summed E-state index contributed by atoms with van der Waals surface area (Å²) in [5, 5.41) is 5.34. The lowest BCUT2D eigenvalue weighted by Crippen LogP contribution is -2.22. The summed E-state index contributed by atoms with van der Waals surface area (Å²) < 4.78 is 10.1. The van der Waals surface area contributed by atoms with Gasteiger partial charge in [-0.1, -0.05) is 6.07 Å². The Labute approximate surface area is 202 Å². The summed E-state index contributed by atoms with van der Waals surface area (Å²) in [6, 6.07) is 20.8. The minimum atomic E-state index is -0.396. The van der Waals surface area contributed by atoms with Crippen molar-refractivity contribution >= 4 is 40.9 Å². The molecule has 0 spiro atoms. The van der Waals surface area contributed by atoms with Crippen molar-refractivity contribution in [3.63, 3.8) is 0 Å². The molecular weight excluding hydrogens is 452 g/mol. The maximum absolute atomic E-state index is 12.6. The zero-order chi connectivity index (χ0) is 24.5. The van der Waals surface area contributed by atoms with Gasteiger partial charge in [-0.2, -0.15) is 0 Å². The second kappa shape index (κ2) is 11.9. The maximum Gasteiger partial charge on any atom is 0.338 e. The molecule has 2 N–H and O–H groups in total. The number of hydrogen-bond donors (Lipinski definition) is 2. The number of esters is 1. The van der Waals surface area contributed by atoms with E-state index in [4.69, 9.17) is 9.47 Å². The minimum absolute atomic E-state index is 0.163. The lowest BCUT2D eigenvalue weighted by molar-refractivity contribution is -0.115. The lowest BCUT2D eigenvalue weighted by Gasteiger charge is -2.13. The average Bonchev–Trinajstić information content (AvgIpc) is 2.85. The molecule has 34 heavy (non-hydrogen) atoms. The molecule has 176 valence electrons. The van der Waals surface area contributed by atoms with Crippen molar-refractivity contribution in [2.45, 2.75) is 24.0 Å².